The second-order valence-corrected chi connectivity index (χ2v) is 5.48. The number of benzene rings is 1. The number of fused-ring (bicyclic) bond motifs is 1. The van der Waals surface area contributed by atoms with E-state index in [0.717, 1.165) is 12.2 Å². The molecule has 1 aliphatic heterocycles. The van der Waals surface area contributed by atoms with Crippen LogP contribution < -0.4 is 4.74 Å². The molecule has 16 heavy (non-hydrogen) atoms. The SMILES string of the molecule is Cc1cc(CCl)c2c(c1)CC1(CCCC1)O2. The first-order valence-electron chi connectivity index (χ1n) is 6.10. The van der Waals surface area contributed by atoms with Crippen LogP contribution in [-0.4, -0.2) is 5.60 Å². The molecule has 0 radical (unpaired) electrons. The first-order valence-corrected chi connectivity index (χ1v) is 6.63. The van der Waals surface area contributed by atoms with Gasteiger partial charge in [0.15, 0.2) is 0 Å². The molecule has 1 saturated carbocycles. The first kappa shape index (κ1) is 10.5. The minimum absolute atomic E-state index is 0.122. The molecule has 0 unspecified atom stereocenters. The number of alkyl halides is 1. The Morgan fingerprint density at radius 2 is 2.06 bits per heavy atom. The van der Waals surface area contributed by atoms with Crippen LogP contribution in [0.25, 0.3) is 0 Å². The van der Waals surface area contributed by atoms with Crippen LogP contribution in [-0.2, 0) is 12.3 Å². The number of hydrogen-bond acceptors (Lipinski definition) is 1. The highest BCUT2D eigenvalue weighted by Gasteiger charge is 2.42. The van der Waals surface area contributed by atoms with Crippen LogP contribution in [0.1, 0.15) is 42.4 Å². The molecular weight excluding hydrogens is 220 g/mol. The lowest BCUT2D eigenvalue weighted by Gasteiger charge is -2.22. The molecule has 1 spiro atoms. The van der Waals surface area contributed by atoms with Crippen LogP contribution in [0.2, 0.25) is 0 Å². The van der Waals surface area contributed by atoms with Crippen molar-refractivity contribution in [2.75, 3.05) is 0 Å². The molecule has 2 aliphatic rings. The van der Waals surface area contributed by atoms with Crippen molar-refractivity contribution in [3.8, 4) is 5.75 Å². The maximum Gasteiger partial charge on any atom is 0.127 e. The summed E-state index contributed by atoms with van der Waals surface area (Å²) in [6, 6.07) is 4.41. The van der Waals surface area contributed by atoms with Crippen molar-refractivity contribution in [3.05, 3.63) is 28.8 Å². The Balaban J connectivity index is 2.02. The van der Waals surface area contributed by atoms with E-state index in [1.807, 2.05) is 0 Å². The normalized spacial score (nSPS) is 21.1. The van der Waals surface area contributed by atoms with Crippen molar-refractivity contribution in [1.29, 1.82) is 0 Å². The highest BCUT2D eigenvalue weighted by molar-refractivity contribution is 6.17. The quantitative estimate of drug-likeness (QED) is 0.671. The highest BCUT2D eigenvalue weighted by atomic mass is 35.5. The van der Waals surface area contributed by atoms with E-state index >= 15 is 0 Å². The third-order valence-electron chi connectivity index (χ3n) is 3.88. The average molecular weight is 237 g/mol. The second-order valence-electron chi connectivity index (χ2n) is 5.21. The zero-order valence-electron chi connectivity index (χ0n) is 9.68. The Kier molecular flexibility index (Phi) is 2.39. The van der Waals surface area contributed by atoms with Gasteiger partial charge >= 0.3 is 0 Å². The summed E-state index contributed by atoms with van der Waals surface area (Å²) < 4.78 is 6.25. The van der Waals surface area contributed by atoms with Crippen molar-refractivity contribution >= 4 is 11.6 Å². The van der Waals surface area contributed by atoms with E-state index in [0.29, 0.717) is 5.88 Å². The lowest BCUT2D eigenvalue weighted by Crippen LogP contribution is -2.30. The molecule has 0 bridgehead atoms. The maximum absolute atomic E-state index is 6.25. The van der Waals surface area contributed by atoms with Crippen LogP contribution in [0.5, 0.6) is 5.75 Å². The van der Waals surface area contributed by atoms with E-state index in [-0.39, 0.29) is 5.60 Å². The zero-order valence-corrected chi connectivity index (χ0v) is 10.4. The van der Waals surface area contributed by atoms with Gasteiger partial charge in [0.2, 0.25) is 0 Å². The summed E-state index contributed by atoms with van der Waals surface area (Å²) in [5.41, 5.74) is 3.96. The van der Waals surface area contributed by atoms with E-state index in [1.165, 1.54) is 42.4 Å². The summed E-state index contributed by atoms with van der Waals surface area (Å²) in [7, 11) is 0. The minimum atomic E-state index is 0.122. The number of ether oxygens (including phenoxy) is 1. The van der Waals surface area contributed by atoms with E-state index in [9.17, 15) is 0 Å². The molecule has 0 amide bonds. The summed E-state index contributed by atoms with van der Waals surface area (Å²) in [5.74, 6) is 1.64. The zero-order chi connectivity index (χ0) is 11.2. The van der Waals surface area contributed by atoms with Crippen LogP contribution in [0.15, 0.2) is 12.1 Å². The molecule has 1 aromatic rings. The fourth-order valence-electron chi connectivity index (χ4n) is 3.19. The molecule has 0 N–H and O–H groups in total. The highest BCUT2D eigenvalue weighted by Crippen LogP contribution is 2.46. The summed E-state index contributed by atoms with van der Waals surface area (Å²) in [4.78, 5) is 0. The monoisotopic (exact) mass is 236 g/mol. The van der Waals surface area contributed by atoms with Gasteiger partial charge < -0.3 is 4.74 Å². The Morgan fingerprint density at radius 3 is 2.75 bits per heavy atom. The van der Waals surface area contributed by atoms with Crippen molar-refractivity contribution in [2.24, 2.45) is 0 Å². The molecule has 1 fully saturated rings. The van der Waals surface area contributed by atoms with Crippen molar-refractivity contribution in [3.63, 3.8) is 0 Å². The van der Waals surface area contributed by atoms with E-state index in [1.54, 1.807) is 0 Å². The van der Waals surface area contributed by atoms with E-state index < -0.39 is 0 Å². The van der Waals surface area contributed by atoms with Gasteiger partial charge in [-0.3, -0.25) is 0 Å². The third kappa shape index (κ3) is 1.53. The molecule has 3 rings (SSSR count). The third-order valence-corrected chi connectivity index (χ3v) is 4.16. The summed E-state index contributed by atoms with van der Waals surface area (Å²) in [6.07, 6.45) is 6.13. The topological polar surface area (TPSA) is 9.23 Å². The lowest BCUT2D eigenvalue weighted by molar-refractivity contribution is 0.102. The second kappa shape index (κ2) is 3.66. The number of halogens is 1. The van der Waals surface area contributed by atoms with Gasteiger partial charge in [0.1, 0.15) is 11.4 Å². The predicted molar refractivity (Wildman–Crippen MR) is 66.3 cm³/mol. The van der Waals surface area contributed by atoms with Gasteiger partial charge in [-0.15, -0.1) is 11.6 Å². The lowest BCUT2D eigenvalue weighted by atomic mass is 9.94. The molecule has 0 saturated heterocycles. The molecule has 1 aromatic carbocycles. The number of rotatable bonds is 1. The van der Waals surface area contributed by atoms with Crippen molar-refractivity contribution in [2.45, 2.75) is 50.5 Å². The van der Waals surface area contributed by atoms with Gasteiger partial charge in [-0.1, -0.05) is 17.7 Å². The van der Waals surface area contributed by atoms with Crippen LogP contribution in [0.3, 0.4) is 0 Å². The summed E-state index contributed by atoms with van der Waals surface area (Å²) in [5, 5.41) is 0. The Morgan fingerprint density at radius 1 is 1.31 bits per heavy atom. The van der Waals surface area contributed by atoms with Gasteiger partial charge in [-0.05, 0) is 38.2 Å². The number of hydrogen-bond donors (Lipinski definition) is 0. The predicted octanol–water partition coefficient (Wildman–Crippen LogP) is 3.98. The van der Waals surface area contributed by atoms with Gasteiger partial charge in [-0.2, -0.15) is 0 Å². The maximum atomic E-state index is 6.25. The number of aryl methyl sites for hydroxylation is 1. The molecule has 0 atom stereocenters. The molecule has 2 heteroatoms. The fraction of sp³-hybridized carbons (Fsp3) is 0.571. The Labute approximate surface area is 102 Å². The largest absolute Gasteiger partial charge is 0.486 e. The summed E-state index contributed by atoms with van der Waals surface area (Å²) >= 11 is 6.00. The van der Waals surface area contributed by atoms with Crippen molar-refractivity contribution < 1.29 is 4.74 Å². The standard InChI is InChI=1S/C14H17ClO/c1-10-6-11-8-14(4-2-3-5-14)16-13(11)12(7-10)9-15/h6-7H,2-5,8-9H2,1H3. The van der Waals surface area contributed by atoms with Gasteiger partial charge in [0.25, 0.3) is 0 Å². The molecule has 1 heterocycles. The molecule has 1 aliphatic carbocycles. The van der Waals surface area contributed by atoms with E-state index in [4.69, 9.17) is 16.3 Å². The van der Waals surface area contributed by atoms with Gasteiger partial charge in [-0.25, -0.2) is 0 Å². The van der Waals surface area contributed by atoms with Crippen molar-refractivity contribution in [1.82, 2.24) is 0 Å². The van der Waals surface area contributed by atoms with Gasteiger partial charge in [0, 0.05) is 12.0 Å². The molecular formula is C14H17ClO. The first-order chi connectivity index (χ1) is 7.72. The van der Waals surface area contributed by atoms with Gasteiger partial charge in [0.05, 0.1) is 5.88 Å². The average Bonchev–Trinajstić information content (AvgIpc) is 2.84. The Hall–Kier alpha value is -0.690. The smallest absolute Gasteiger partial charge is 0.127 e. The fourth-order valence-corrected chi connectivity index (χ4v) is 3.39. The molecule has 1 nitrogen and oxygen atoms in total. The molecule has 0 aromatic heterocycles. The molecule has 86 valence electrons. The Bertz CT molecular complexity index is 419. The van der Waals surface area contributed by atoms with Crippen LogP contribution >= 0.6 is 11.6 Å². The van der Waals surface area contributed by atoms with Crippen LogP contribution in [0, 0.1) is 6.92 Å². The van der Waals surface area contributed by atoms with Crippen LogP contribution in [0.4, 0.5) is 0 Å². The summed E-state index contributed by atoms with van der Waals surface area (Å²) in [6.45, 7) is 2.13. The van der Waals surface area contributed by atoms with E-state index in [2.05, 4.69) is 19.1 Å². The minimum Gasteiger partial charge on any atom is -0.486 e.